The summed E-state index contributed by atoms with van der Waals surface area (Å²) in [7, 11) is -3.23. The van der Waals surface area contributed by atoms with E-state index in [9.17, 15) is 18.0 Å². The molecule has 0 unspecified atom stereocenters. The second-order valence-electron chi connectivity index (χ2n) is 6.86. The lowest BCUT2D eigenvalue weighted by Crippen LogP contribution is -2.39. The van der Waals surface area contributed by atoms with Gasteiger partial charge in [0.05, 0.1) is 18.0 Å². The van der Waals surface area contributed by atoms with Crippen LogP contribution in [0.2, 0.25) is 0 Å². The van der Waals surface area contributed by atoms with Crippen molar-refractivity contribution < 1.29 is 18.0 Å². The molecule has 1 aliphatic heterocycles. The number of rotatable bonds is 6. The minimum atomic E-state index is -3.23. The van der Waals surface area contributed by atoms with Gasteiger partial charge in [-0.1, -0.05) is 29.8 Å². The number of carbonyl (C=O) groups excluding carboxylic acids is 2. The zero-order valence-electron chi connectivity index (χ0n) is 16.1. The predicted octanol–water partition coefficient (Wildman–Crippen LogP) is 1.97. The lowest BCUT2D eigenvalue weighted by Gasteiger charge is -2.17. The molecule has 0 atom stereocenters. The van der Waals surface area contributed by atoms with Gasteiger partial charge in [0.15, 0.2) is 0 Å². The Morgan fingerprint density at radius 2 is 1.69 bits per heavy atom. The van der Waals surface area contributed by atoms with E-state index >= 15 is 0 Å². The van der Waals surface area contributed by atoms with Gasteiger partial charge in [-0.3, -0.25) is 9.10 Å². The number of benzene rings is 2. The van der Waals surface area contributed by atoms with Gasteiger partial charge in [0, 0.05) is 18.8 Å². The van der Waals surface area contributed by atoms with E-state index < -0.39 is 16.1 Å². The van der Waals surface area contributed by atoms with E-state index in [4.69, 9.17) is 0 Å². The number of sulfonamides is 1. The third kappa shape index (κ3) is 5.71. The fourth-order valence-corrected chi connectivity index (χ4v) is 4.52. The minimum absolute atomic E-state index is 0.156. The van der Waals surface area contributed by atoms with Gasteiger partial charge in [0.2, 0.25) is 15.9 Å². The van der Waals surface area contributed by atoms with Crippen LogP contribution in [0.25, 0.3) is 0 Å². The Morgan fingerprint density at radius 1 is 1.00 bits per heavy atom. The van der Waals surface area contributed by atoms with E-state index in [0.29, 0.717) is 30.9 Å². The van der Waals surface area contributed by atoms with Gasteiger partial charge < -0.3 is 16.0 Å². The minimum Gasteiger partial charge on any atom is -0.334 e. The van der Waals surface area contributed by atoms with Crippen molar-refractivity contribution in [3.63, 3.8) is 0 Å². The van der Waals surface area contributed by atoms with Gasteiger partial charge in [-0.05, 0) is 43.2 Å². The van der Waals surface area contributed by atoms with Crippen LogP contribution in [0, 0.1) is 6.92 Å². The normalized spacial score (nSPS) is 15.0. The molecular formula is C20H24N4O4S. The number of anilines is 2. The van der Waals surface area contributed by atoms with Crippen molar-refractivity contribution >= 4 is 33.3 Å². The molecule has 8 nitrogen and oxygen atoms in total. The smallest absolute Gasteiger partial charge is 0.315 e. The summed E-state index contributed by atoms with van der Waals surface area (Å²) in [5, 5.41) is 7.86. The topological polar surface area (TPSA) is 108 Å². The van der Waals surface area contributed by atoms with Crippen LogP contribution in [0.4, 0.5) is 16.2 Å². The van der Waals surface area contributed by atoms with Crippen LogP contribution in [0.15, 0.2) is 48.5 Å². The standard InChI is InChI=1S/C20H24N4O4S/c1-15-3-5-16(6-4-15)13-21-20(26)22-14-19(25)23-17-7-9-18(10-8-17)24-11-2-12-29(24,27)28/h3-10H,2,11-14H2,1H3,(H,23,25)(H2,21,22,26). The molecule has 1 fully saturated rings. The molecule has 0 saturated carbocycles. The lowest BCUT2D eigenvalue weighted by atomic mass is 10.1. The first-order valence-electron chi connectivity index (χ1n) is 9.31. The second kappa shape index (κ2) is 8.95. The monoisotopic (exact) mass is 416 g/mol. The molecule has 2 aromatic carbocycles. The Labute approximate surface area is 170 Å². The number of hydrogen-bond donors (Lipinski definition) is 3. The Kier molecular flexibility index (Phi) is 6.38. The van der Waals surface area contributed by atoms with Crippen molar-refractivity contribution in [3.8, 4) is 0 Å². The first-order chi connectivity index (χ1) is 13.8. The van der Waals surface area contributed by atoms with E-state index in [0.717, 1.165) is 11.1 Å². The summed E-state index contributed by atoms with van der Waals surface area (Å²) in [5.74, 6) is -0.222. The first kappa shape index (κ1) is 20.7. The van der Waals surface area contributed by atoms with Crippen LogP contribution >= 0.6 is 0 Å². The number of nitrogens with zero attached hydrogens (tertiary/aromatic N) is 1. The molecule has 29 heavy (non-hydrogen) atoms. The summed E-state index contributed by atoms with van der Waals surface area (Å²) in [6.45, 7) is 2.65. The Bertz CT molecular complexity index is 973. The highest BCUT2D eigenvalue weighted by molar-refractivity contribution is 7.93. The van der Waals surface area contributed by atoms with Gasteiger partial charge in [-0.15, -0.1) is 0 Å². The number of nitrogens with one attached hydrogen (secondary N) is 3. The van der Waals surface area contributed by atoms with E-state index in [-0.39, 0.29) is 18.2 Å². The molecule has 1 saturated heterocycles. The predicted molar refractivity (Wildman–Crippen MR) is 112 cm³/mol. The molecule has 3 amide bonds. The SMILES string of the molecule is Cc1ccc(CNC(=O)NCC(=O)Nc2ccc(N3CCCS3(=O)=O)cc2)cc1. The Balaban J connectivity index is 1.43. The summed E-state index contributed by atoms with van der Waals surface area (Å²) in [4.78, 5) is 23.8. The lowest BCUT2D eigenvalue weighted by molar-refractivity contribution is -0.115. The van der Waals surface area contributed by atoms with Crippen LogP contribution in [0.1, 0.15) is 17.5 Å². The maximum Gasteiger partial charge on any atom is 0.315 e. The highest BCUT2D eigenvalue weighted by Gasteiger charge is 2.28. The average molecular weight is 417 g/mol. The van der Waals surface area contributed by atoms with E-state index in [1.807, 2.05) is 31.2 Å². The van der Waals surface area contributed by atoms with Crippen LogP contribution < -0.4 is 20.3 Å². The first-order valence-corrected chi connectivity index (χ1v) is 10.9. The molecule has 0 radical (unpaired) electrons. The van der Waals surface area contributed by atoms with Gasteiger partial charge >= 0.3 is 6.03 Å². The molecule has 0 aromatic heterocycles. The third-order valence-electron chi connectivity index (χ3n) is 4.52. The second-order valence-corrected chi connectivity index (χ2v) is 8.87. The maximum absolute atomic E-state index is 12.0. The number of amides is 3. The van der Waals surface area contributed by atoms with Crippen molar-refractivity contribution in [2.75, 3.05) is 28.5 Å². The number of aryl methyl sites for hydroxylation is 1. The van der Waals surface area contributed by atoms with Crippen molar-refractivity contribution in [2.45, 2.75) is 19.9 Å². The number of carbonyl (C=O) groups is 2. The zero-order valence-corrected chi connectivity index (χ0v) is 17.0. The van der Waals surface area contributed by atoms with Crippen LogP contribution in [-0.2, 0) is 21.4 Å². The molecule has 1 heterocycles. The van der Waals surface area contributed by atoms with E-state index in [1.165, 1.54) is 4.31 Å². The van der Waals surface area contributed by atoms with Crippen molar-refractivity contribution in [3.05, 3.63) is 59.7 Å². The molecular weight excluding hydrogens is 392 g/mol. The molecule has 9 heteroatoms. The van der Waals surface area contributed by atoms with Gasteiger partial charge in [-0.2, -0.15) is 0 Å². The van der Waals surface area contributed by atoms with Gasteiger partial charge in [0.1, 0.15) is 0 Å². The van der Waals surface area contributed by atoms with Gasteiger partial charge in [0.25, 0.3) is 0 Å². The number of urea groups is 1. The highest BCUT2D eigenvalue weighted by atomic mass is 32.2. The summed E-state index contributed by atoms with van der Waals surface area (Å²) in [6.07, 6.45) is 0.610. The van der Waals surface area contributed by atoms with Crippen LogP contribution in [0.5, 0.6) is 0 Å². The molecule has 3 rings (SSSR count). The molecule has 1 aliphatic rings. The Morgan fingerprint density at radius 3 is 2.31 bits per heavy atom. The van der Waals surface area contributed by atoms with Crippen molar-refractivity contribution in [2.24, 2.45) is 0 Å². The summed E-state index contributed by atoms with van der Waals surface area (Å²) in [6, 6.07) is 13.9. The molecule has 2 aromatic rings. The molecule has 154 valence electrons. The number of hydrogen-bond acceptors (Lipinski definition) is 4. The molecule has 3 N–H and O–H groups in total. The highest BCUT2D eigenvalue weighted by Crippen LogP contribution is 2.25. The average Bonchev–Trinajstić information content (AvgIpc) is 3.05. The van der Waals surface area contributed by atoms with Crippen LogP contribution in [-0.4, -0.2) is 39.2 Å². The molecule has 0 spiro atoms. The zero-order chi connectivity index (χ0) is 20.9. The van der Waals surface area contributed by atoms with Crippen LogP contribution in [0.3, 0.4) is 0 Å². The Hall–Kier alpha value is -3.07. The maximum atomic E-state index is 12.0. The third-order valence-corrected chi connectivity index (χ3v) is 6.39. The van der Waals surface area contributed by atoms with Gasteiger partial charge in [-0.25, -0.2) is 13.2 Å². The largest absolute Gasteiger partial charge is 0.334 e. The summed E-state index contributed by atoms with van der Waals surface area (Å²) < 4.78 is 25.3. The molecule has 0 aliphatic carbocycles. The summed E-state index contributed by atoms with van der Waals surface area (Å²) in [5.41, 5.74) is 3.21. The quantitative estimate of drug-likeness (QED) is 0.669. The fourth-order valence-electron chi connectivity index (χ4n) is 2.96. The van der Waals surface area contributed by atoms with E-state index in [1.54, 1.807) is 24.3 Å². The summed E-state index contributed by atoms with van der Waals surface area (Å²) >= 11 is 0. The fraction of sp³-hybridized carbons (Fsp3) is 0.300. The molecule has 0 bridgehead atoms. The van der Waals surface area contributed by atoms with E-state index in [2.05, 4.69) is 16.0 Å². The van der Waals surface area contributed by atoms with Crippen molar-refractivity contribution in [1.29, 1.82) is 0 Å². The van der Waals surface area contributed by atoms with Crippen molar-refractivity contribution in [1.82, 2.24) is 10.6 Å².